The largest absolute Gasteiger partial charge is 0.490 e. The number of carbonyl (C=O) groups excluding carboxylic acids is 1. The summed E-state index contributed by atoms with van der Waals surface area (Å²) in [4.78, 5) is 28.2. The maximum Gasteiger partial charge on any atom is 0.289 e. The third-order valence-electron chi connectivity index (χ3n) is 4.36. The summed E-state index contributed by atoms with van der Waals surface area (Å²) in [5.41, 5.74) is 0.822. The Morgan fingerprint density at radius 2 is 1.92 bits per heavy atom. The van der Waals surface area contributed by atoms with Gasteiger partial charge < -0.3 is 14.1 Å². The molecule has 1 fully saturated rings. The minimum atomic E-state index is -0.355. The molecule has 6 heteroatoms. The Kier molecular flexibility index (Phi) is 5.86. The Morgan fingerprint density at radius 1 is 1.19 bits per heavy atom. The average molecular weight is 354 g/mol. The van der Waals surface area contributed by atoms with E-state index >= 15 is 0 Å². The van der Waals surface area contributed by atoms with E-state index in [0.29, 0.717) is 13.1 Å². The van der Waals surface area contributed by atoms with Crippen LogP contribution in [0, 0.1) is 0 Å². The molecule has 1 amide bonds. The summed E-state index contributed by atoms with van der Waals surface area (Å²) in [6, 6.07) is 11.4. The number of carbonyl (C=O) groups is 1. The van der Waals surface area contributed by atoms with Crippen LogP contribution in [0.4, 0.5) is 0 Å². The number of amides is 1. The second-order valence-electron chi connectivity index (χ2n) is 6.08. The van der Waals surface area contributed by atoms with Crippen LogP contribution in [0.25, 0.3) is 6.08 Å². The van der Waals surface area contributed by atoms with Gasteiger partial charge in [-0.05, 0) is 5.56 Å². The van der Waals surface area contributed by atoms with Gasteiger partial charge in [-0.15, -0.1) is 0 Å². The first-order chi connectivity index (χ1) is 12.7. The number of rotatable bonds is 5. The summed E-state index contributed by atoms with van der Waals surface area (Å²) < 4.78 is 10.1. The van der Waals surface area contributed by atoms with E-state index in [9.17, 15) is 9.59 Å². The quantitative estimate of drug-likeness (QED) is 0.823. The lowest BCUT2D eigenvalue weighted by Gasteiger charge is -2.33. The summed E-state index contributed by atoms with van der Waals surface area (Å²) >= 11 is 0. The zero-order valence-corrected chi connectivity index (χ0v) is 14.8. The van der Waals surface area contributed by atoms with Crippen LogP contribution < -0.4 is 10.2 Å². The lowest BCUT2D eigenvalue weighted by Crippen LogP contribution is -2.48. The molecule has 1 saturated heterocycles. The van der Waals surface area contributed by atoms with Crippen LogP contribution in [0.3, 0.4) is 0 Å². The molecule has 3 rings (SSSR count). The minimum absolute atomic E-state index is 0.0493. The maximum atomic E-state index is 12.5. The highest BCUT2D eigenvalue weighted by atomic mass is 16.5. The molecular formula is C20H22N2O4. The SMILES string of the molecule is COc1coc(C(=O)N2CCN(C/C=C/c3ccccc3)CC2)cc1=O. The topological polar surface area (TPSA) is 63.0 Å². The van der Waals surface area contributed by atoms with Gasteiger partial charge in [0, 0.05) is 38.8 Å². The van der Waals surface area contributed by atoms with E-state index < -0.39 is 0 Å². The molecule has 2 heterocycles. The predicted molar refractivity (Wildman–Crippen MR) is 99.3 cm³/mol. The number of piperazine rings is 1. The Morgan fingerprint density at radius 3 is 2.58 bits per heavy atom. The molecule has 2 aromatic rings. The van der Waals surface area contributed by atoms with Gasteiger partial charge in [0.05, 0.1) is 7.11 Å². The fourth-order valence-electron chi connectivity index (χ4n) is 2.85. The lowest BCUT2D eigenvalue weighted by molar-refractivity contribution is 0.0616. The molecule has 1 aliphatic rings. The van der Waals surface area contributed by atoms with Crippen molar-refractivity contribution < 1.29 is 13.9 Å². The average Bonchev–Trinajstić information content (AvgIpc) is 2.69. The fourth-order valence-corrected chi connectivity index (χ4v) is 2.85. The molecule has 1 aromatic heterocycles. The highest BCUT2D eigenvalue weighted by Gasteiger charge is 2.23. The van der Waals surface area contributed by atoms with Gasteiger partial charge in [0.1, 0.15) is 6.26 Å². The van der Waals surface area contributed by atoms with Crippen LogP contribution in [-0.4, -0.2) is 55.5 Å². The smallest absolute Gasteiger partial charge is 0.289 e. The van der Waals surface area contributed by atoms with Crippen LogP contribution in [-0.2, 0) is 0 Å². The first-order valence-electron chi connectivity index (χ1n) is 8.57. The van der Waals surface area contributed by atoms with Gasteiger partial charge in [0.15, 0.2) is 5.76 Å². The van der Waals surface area contributed by atoms with Crippen molar-refractivity contribution in [2.45, 2.75) is 0 Å². The van der Waals surface area contributed by atoms with Crippen molar-refractivity contribution in [3.63, 3.8) is 0 Å². The summed E-state index contributed by atoms with van der Waals surface area (Å²) in [6.07, 6.45) is 5.42. The third kappa shape index (κ3) is 4.40. The van der Waals surface area contributed by atoms with Crippen molar-refractivity contribution in [1.82, 2.24) is 9.80 Å². The summed E-state index contributed by atoms with van der Waals surface area (Å²) in [7, 11) is 1.39. The zero-order chi connectivity index (χ0) is 18.4. The molecule has 26 heavy (non-hydrogen) atoms. The predicted octanol–water partition coefficient (Wildman–Crippen LogP) is 2.12. The van der Waals surface area contributed by atoms with Crippen molar-refractivity contribution in [3.05, 3.63) is 70.3 Å². The van der Waals surface area contributed by atoms with Gasteiger partial charge in [0.25, 0.3) is 5.91 Å². The van der Waals surface area contributed by atoms with Crippen molar-refractivity contribution in [3.8, 4) is 5.75 Å². The van der Waals surface area contributed by atoms with E-state index in [4.69, 9.17) is 9.15 Å². The number of ether oxygens (including phenoxy) is 1. The fraction of sp³-hybridized carbons (Fsp3) is 0.300. The molecule has 0 radical (unpaired) electrons. The number of nitrogens with zero attached hydrogens (tertiary/aromatic N) is 2. The van der Waals surface area contributed by atoms with E-state index in [-0.39, 0.29) is 22.8 Å². The Balaban J connectivity index is 1.51. The standard InChI is InChI=1S/C20H22N2O4/c1-25-19-15-26-18(14-17(19)23)20(24)22-12-10-21(11-13-22)9-5-8-16-6-3-2-4-7-16/h2-8,14-15H,9-13H2,1H3/b8-5+. The van der Waals surface area contributed by atoms with Crippen LogP contribution in [0.1, 0.15) is 16.1 Å². The van der Waals surface area contributed by atoms with Crippen molar-refractivity contribution >= 4 is 12.0 Å². The number of benzene rings is 1. The molecule has 6 nitrogen and oxygen atoms in total. The summed E-state index contributed by atoms with van der Waals surface area (Å²) in [5, 5.41) is 0. The van der Waals surface area contributed by atoms with E-state index in [1.807, 2.05) is 18.2 Å². The minimum Gasteiger partial charge on any atom is -0.490 e. The monoisotopic (exact) mass is 354 g/mol. The number of hydrogen-bond acceptors (Lipinski definition) is 5. The van der Waals surface area contributed by atoms with Crippen LogP contribution in [0.15, 0.2) is 57.9 Å². The van der Waals surface area contributed by atoms with E-state index in [2.05, 4.69) is 29.2 Å². The molecule has 0 bridgehead atoms. The van der Waals surface area contributed by atoms with E-state index in [1.54, 1.807) is 4.90 Å². The first kappa shape index (κ1) is 17.9. The molecule has 0 spiro atoms. The normalized spacial score (nSPS) is 15.3. The number of methoxy groups -OCH3 is 1. The zero-order valence-electron chi connectivity index (χ0n) is 14.8. The van der Waals surface area contributed by atoms with Crippen molar-refractivity contribution in [2.24, 2.45) is 0 Å². The van der Waals surface area contributed by atoms with Gasteiger partial charge in [-0.3, -0.25) is 14.5 Å². The molecule has 0 atom stereocenters. The lowest BCUT2D eigenvalue weighted by atomic mass is 10.2. The van der Waals surface area contributed by atoms with Gasteiger partial charge in [0.2, 0.25) is 11.2 Å². The van der Waals surface area contributed by atoms with Gasteiger partial charge >= 0.3 is 0 Å². The molecule has 136 valence electrons. The second kappa shape index (κ2) is 8.49. The first-order valence-corrected chi connectivity index (χ1v) is 8.57. The number of hydrogen-bond donors (Lipinski definition) is 0. The molecular weight excluding hydrogens is 332 g/mol. The highest BCUT2D eigenvalue weighted by molar-refractivity contribution is 5.91. The maximum absolute atomic E-state index is 12.5. The third-order valence-corrected chi connectivity index (χ3v) is 4.36. The van der Waals surface area contributed by atoms with E-state index in [0.717, 1.165) is 19.6 Å². The van der Waals surface area contributed by atoms with Crippen LogP contribution in [0.2, 0.25) is 0 Å². The molecule has 0 unspecified atom stereocenters. The Bertz CT molecular complexity index is 821. The van der Waals surface area contributed by atoms with E-state index in [1.165, 1.54) is 25.0 Å². The summed E-state index contributed by atoms with van der Waals surface area (Å²) in [6.45, 7) is 3.62. The summed E-state index contributed by atoms with van der Waals surface area (Å²) in [5.74, 6) is -0.117. The molecule has 1 aromatic carbocycles. The highest BCUT2D eigenvalue weighted by Crippen LogP contribution is 2.11. The molecule has 0 aliphatic carbocycles. The second-order valence-corrected chi connectivity index (χ2v) is 6.08. The molecule has 0 saturated carbocycles. The van der Waals surface area contributed by atoms with Crippen molar-refractivity contribution in [2.75, 3.05) is 39.8 Å². The molecule has 0 N–H and O–H groups in total. The Hall–Kier alpha value is -2.86. The van der Waals surface area contributed by atoms with Gasteiger partial charge in [-0.2, -0.15) is 0 Å². The van der Waals surface area contributed by atoms with Crippen LogP contribution in [0.5, 0.6) is 5.75 Å². The molecule has 1 aliphatic heterocycles. The van der Waals surface area contributed by atoms with Crippen LogP contribution >= 0.6 is 0 Å². The Labute approximate surface area is 152 Å². The van der Waals surface area contributed by atoms with Crippen molar-refractivity contribution in [1.29, 1.82) is 0 Å². The van der Waals surface area contributed by atoms with Gasteiger partial charge in [-0.25, -0.2) is 0 Å². The van der Waals surface area contributed by atoms with Gasteiger partial charge in [-0.1, -0.05) is 42.5 Å².